The second-order valence-corrected chi connectivity index (χ2v) is 3.04. The van der Waals surface area contributed by atoms with Crippen molar-refractivity contribution in [3.05, 3.63) is 0 Å². The Hall–Kier alpha value is 0.01000. The lowest BCUT2D eigenvalue weighted by Gasteiger charge is -2.40. The summed E-state index contributed by atoms with van der Waals surface area (Å²) in [6.07, 6.45) is -5.26. The van der Waals surface area contributed by atoms with E-state index in [0.717, 1.165) is 0 Å². The third kappa shape index (κ3) is 2.99. The van der Waals surface area contributed by atoms with E-state index in [1.165, 1.54) is 7.11 Å². The quantitative estimate of drug-likeness (QED) is 0.416. The summed E-state index contributed by atoms with van der Waals surface area (Å²) in [6, 6.07) is 0. The van der Waals surface area contributed by atoms with E-state index in [9.17, 15) is 10.2 Å². The summed E-state index contributed by atoms with van der Waals surface area (Å²) < 4.78 is 9.82. The molecule has 1 heterocycles. The summed E-state index contributed by atoms with van der Waals surface area (Å²) >= 11 is 0. The molecule has 5 atom stereocenters. The van der Waals surface area contributed by atoms with Crippen LogP contribution >= 0.6 is 12.4 Å². The van der Waals surface area contributed by atoms with Crippen LogP contribution in [-0.4, -0.2) is 59.7 Å². The molecular weight excluding hydrogens is 230 g/mol. The number of nitrogens with two attached hydrogens (primary N) is 1. The summed E-state index contributed by atoms with van der Waals surface area (Å²) in [5.74, 6) is 4.91. The molecule has 1 aliphatic heterocycles. The molecule has 0 radical (unpaired) electrons. The van der Waals surface area contributed by atoms with E-state index >= 15 is 0 Å². The van der Waals surface area contributed by atoms with Crippen molar-refractivity contribution in [1.82, 2.24) is 0 Å². The third-order valence-corrected chi connectivity index (χ3v) is 2.21. The fraction of sp³-hybridized carbons (Fsp3) is 1.00. The van der Waals surface area contributed by atoms with Gasteiger partial charge in [-0.05, 0) is 0 Å². The van der Waals surface area contributed by atoms with E-state index in [0.29, 0.717) is 0 Å². The first-order valence-corrected chi connectivity index (χ1v) is 4.16. The van der Waals surface area contributed by atoms with Gasteiger partial charge in [-0.3, -0.25) is 4.84 Å². The summed E-state index contributed by atoms with van der Waals surface area (Å²) in [5.41, 5.74) is 0. The molecule has 0 spiro atoms. The molecule has 1 saturated heterocycles. The van der Waals surface area contributed by atoms with Crippen LogP contribution in [-0.2, 0) is 14.3 Å². The van der Waals surface area contributed by atoms with Crippen LogP contribution in [0.1, 0.15) is 0 Å². The highest BCUT2D eigenvalue weighted by molar-refractivity contribution is 5.85. The van der Waals surface area contributed by atoms with Crippen molar-refractivity contribution in [2.24, 2.45) is 5.90 Å². The first-order valence-electron chi connectivity index (χ1n) is 4.16. The van der Waals surface area contributed by atoms with Crippen molar-refractivity contribution >= 4 is 12.4 Å². The number of halogens is 1. The number of aliphatic hydroxyl groups is 3. The Morgan fingerprint density at radius 3 is 2.33 bits per heavy atom. The first kappa shape index (κ1) is 15.0. The van der Waals surface area contributed by atoms with Crippen LogP contribution in [0.15, 0.2) is 0 Å². The molecule has 0 bridgehead atoms. The van der Waals surface area contributed by atoms with Crippen molar-refractivity contribution < 1.29 is 29.6 Å². The van der Waals surface area contributed by atoms with Crippen LogP contribution in [0.2, 0.25) is 0 Å². The van der Waals surface area contributed by atoms with Crippen molar-refractivity contribution in [2.45, 2.75) is 30.7 Å². The van der Waals surface area contributed by atoms with Gasteiger partial charge in [-0.15, -0.1) is 12.4 Å². The lowest BCUT2D eigenvalue weighted by molar-refractivity contribution is -0.302. The summed E-state index contributed by atoms with van der Waals surface area (Å²) in [5, 5.41) is 27.9. The van der Waals surface area contributed by atoms with Gasteiger partial charge in [0.25, 0.3) is 0 Å². The second-order valence-electron chi connectivity index (χ2n) is 3.04. The number of methoxy groups -OCH3 is 1. The fourth-order valence-electron chi connectivity index (χ4n) is 1.41. The maximum atomic E-state index is 9.52. The molecule has 0 aromatic heterocycles. The predicted molar refractivity (Wildman–Crippen MR) is 51.1 cm³/mol. The van der Waals surface area contributed by atoms with E-state index < -0.39 is 37.3 Å². The molecule has 1 aliphatic rings. The Balaban J connectivity index is 0.00000196. The van der Waals surface area contributed by atoms with Gasteiger partial charge in [-0.1, -0.05) is 0 Å². The van der Waals surface area contributed by atoms with Crippen molar-refractivity contribution in [2.75, 3.05) is 13.7 Å². The number of ether oxygens (including phenoxy) is 2. The van der Waals surface area contributed by atoms with Gasteiger partial charge >= 0.3 is 0 Å². The van der Waals surface area contributed by atoms with Gasteiger partial charge in [-0.2, -0.15) is 0 Å². The number of aliphatic hydroxyl groups excluding tert-OH is 3. The van der Waals surface area contributed by atoms with Crippen molar-refractivity contribution in [3.63, 3.8) is 0 Å². The maximum Gasteiger partial charge on any atom is 0.186 e. The monoisotopic (exact) mass is 245 g/mol. The predicted octanol–water partition coefficient (Wildman–Crippen LogP) is -2.25. The molecule has 5 N–H and O–H groups in total. The van der Waals surface area contributed by atoms with E-state index in [2.05, 4.69) is 4.84 Å². The highest BCUT2D eigenvalue weighted by Gasteiger charge is 2.45. The van der Waals surface area contributed by atoms with Crippen molar-refractivity contribution in [1.29, 1.82) is 0 Å². The average molecular weight is 246 g/mol. The second kappa shape index (κ2) is 6.56. The number of rotatable bonds is 3. The van der Waals surface area contributed by atoms with Crippen LogP contribution in [0.5, 0.6) is 0 Å². The lowest BCUT2D eigenvalue weighted by atomic mass is 9.99. The Morgan fingerprint density at radius 1 is 1.33 bits per heavy atom. The summed E-state index contributed by atoms with van der Waals surface area (Å²) in [7, 11) is 1.33. The highest BCUT2D eigenvalue weighted by atomic mass is 35.5. The molecule has 15 heavy (non-hydrogen) atoms. The van der Waals surface area contributed by atoms with E-state index in [4.69, 9.17) is 20.5 Å². The Labute approximate surface area is 93.1 Å². The number of hydrogen-bond acceptors (Lipinski definition) is 7. The summed E-state index contributed by atoms with van der Waals surface area (Å²) in [6.45, 7) is -0.409. The van der Waals surface area contributed by atoms with Gasteiger partial charge in [0.2, 0.25) is 0 Å². The highest BCUT2D eigenvalue weighted by Crippen LogP contribution is 2.22. The molecule has 1 rings (SSSR count). The molecule has 0 aromatic carbocycles. The molecule has 1 fully saturated rings. The van der Waals surface area contributed by atoms with Crippen LogP contribution in [0.25, 0.3) is 0 Å². The zero-order valence-electron chi connectivity index (χ0n) is 8.15. The van der Waals surface area contributed by atoms with Crippen LogP contribution < -0.4 is 5.90 Å². The molecule has 0 unspecified atom stereocenters. The zero-order chi connectivity index (χ0) is 10.7. The fourth-order valence-corrected chi connectivity index (χ4v) is 1.41. The molecular formula is C7H16ClNO6. The normalized spacial score (nSPS) is 41.0. The lowest BCUT2D eigenvalue weighted by Crippen LogP contribution is -2.60. The molecule has 8 heteroatoms. The van der Waals surface area contributed by atoms with Gasteiger partial charge in [0.15, 0.2) is 6.29 Å². The van der Waals surface area contributed by atoms with Gasteiger partial charge in [0, 0.05) is 7.11 Å². The molecule has 0 aromatic rings. The molecule has 0 saturated carbocycles. The van der Waals surface area contributed by atoms with Crippen LogP contribution in [0.3, 0.4) is 0 Å². The maximum absolute atomic E-state index is 9.52. The molecule has 7 nitrogen and oxygen atoms in total. The smallest absolute Gasteiger partial charge is 0.186 e. The molecule has 0 aliphatic carbocycles. The zero-order valence-corrected chi connectivity index (χ0v) is 8.96. The summed E-state index contributed by atoms with van der Waals surface area (Å²) in [4.78, 5) is 4.41. The molecule has 92 valence electrons. The topological polar surface area (TPSA) is 114 Å². The number of hydrogen-bond donors (Lipinski definition) is 4. The van der Waals surface area contributed by atoms with Gasteiger partial charge in [0.05, 0.1) is 6.61 Å². The van der Waals surface area contributed by atoms with Crippen LogP contribution in [0, 0.1) is 0 Å². The molecule has 0 amide bonds. The average Bonchev–Trinajstić information content (AvgIpc) is 2.19. The minimum Gasteiger partial charge on any atom is -0.394 e. The SMILES string of the molecule is CO[C@H]1O[C@H](CO)[C@@H](O)[C@H](ON)[C@@H]1O.Cl. The Bertz CT molecular complexity index is 169. The van der Waals surface area contributed by atoms with Gasteiger partial charge < -0.3 is 24.8 Å². The van der Waals surface area contributed by atoms with Crippen molar-refractivity contribution in [3.8, 4) is 0 Å². The largest absolute Gasteiger partial charge is 0.394 e. The first-order chi connectivity index (χ1) is 6.65. The van der Waals surface area contributed by atoms with E-state index in [1.807, 2.05) is 0 Å². The minimum absolute atomic E-state index is 0. The third-order valence-electron chi connectivity index (χ3n) is 2.21. The standard InChI is InChI=1S/C7H15NO6.ClH/c1-12-7-5(11)6(14-8)4(10)3(2-9)13-7;/h3-7,9-11H,2,8H2,1H3;1H/t3-,4-,5+,6+,7+;/m1./s1. The van der Waals surface area contributed by atoms with E-state index in [-0.39, 0.29) is 12.4 Å². The van der Waals surface area contributed by atoms with E-state index in [1.54, 1.807) is 0 Å². The van der Waals surface area contributed by atoms with Gasteiger partial charge in [0.1, 0.15) is 24.4 Å². The Morgan fingerprint density at radius 2 is 1.93 bits per heavy atom. The van der Waals surface area contributed by atoms with Crippen LogP contribution in [0.4, 0.5) is 0 Å². The van der Waals surface area contributed by atoms with Gasteiger partial charge in [-0.25, -0.2) is 5.90 Å². The minimum atomic E-state index is -1.19. The Kier molecular flexibility index (Phi) is 6.57.